The number of pyridine rings is 1. The maximum absolute atomic E-state index is 5.51. The van der Waals surface area contributed by atoms with Crippen molar-refractivity contribution < 1.29 is 4.74 Å². The van der Waals surface area contributed by atoms with Crippen LogP contribution in [0.2, 0.25) is 0 Å². The fourth-order valence-corrected chi connectivity index (χ4v) is 2.86. The molecule has 0 radical (unpaired) electrons. The summed E-state index contributed by atoms with van der Waals surface area (Å²) in [5, 5.41) is 6.83. The number of nitrogens with zero attached hydrogens (tertiary/aromatic N) is 3. The monoisotopic (exact) mass is 319 g/mol. The maximum atomic E-state index is 5.51. The first-order valence-electron chi connectivity index (χ1n) is 8.26. The van der Waals surface area contributed by atoms with E-state index in [1.807, 2.05) is 31.4 Å². The Morgan fingerprint density at radius 3 is 2.70 bits per heavy atom. The molecule has 0 unspecified atom stereocenters. The zero-order valence-corrected chi connectivity index (χ0v) is 14.5. The molecule has 2 heterocycles. The van der Waals surface area contributed by atoms with E-state index in [-0.39, 0.29) is 5.54 Å². The van der Waals surface area contributed by atoms with E-state index < -0.39 is 0 Å². The van der Waals surface area contributed by atoms with Gasteiger partial charge in [0.2, 0.25) is 0 Å². The number of aliphatic imine (C=N–C) groups is 1. The van der Waals surface area contributed by atoms with Crippen LogP contribution < -0.4 is 10.6 Å². The highest BCUT2D eigenvalue weighted by Crippen LogP contribution is 2.24. The van der Waals surface area contributed by atoms with E-state index in [1.54, 1.807) is 0 Å². The van der Waals surface area contributed by atoms with Gasteiger partial charge in [-0.25, -0.2) is 0 Å². The van der Waals surface area contributed by atoms with E-state index in [4.69, 9.17) is 4.74 Å². The summed E-state index contributed by atoms with van der Waals surface area (Å²) in [6.07, 6.45) is 4.79. The number of rotatable bonds is 6. The summed E-state index contributed by atoms with van der Waals surface area (Å²) in [5.74, 6) is 0.841. The Morgan fingerprint density at radius 2 is 2.09 bits per heavy atom. The van der Waals surface area contributed by atoms with Gasteiger partial charge in [0.15, 0.2) is 5.96 Å². The maximum Gasteiger partial charge on any atom is 0.191 e. The lowest BCUT2D eigenvalue weighted by atomic mass is 9.88. The van der Waals surface area contributed by atoms with Gasteiger partial charge in [-0.15, -0.1) is 0 Å². The summed E-state index contributed by atoms with van der Waals surface area (Å²) in [5.41, 5.74) is 1.22. The van der Waals surface area contributed by atoms with Crippen LogP contribution >= 0.6 is 0 Å². The molecule has 1 saturated heterocycles. The zero-order valence-electron chi connectivity index (χ0n) is 14.5. The Bertz CT molecular complexity index is 483. The lowest BCUT2D eigenvalue weighted by Crippen LogP contribution is -2.57. The van der Waals surface area contributed by atoms with Crippen LogP contribution in [0.15, 0.2) is 29.4 Å². The third-order valence-corrected chi connectivity index (χ3v) is 4.58. The van der Waals surface area contributed by atoms with E-state index in [1.165, 1.54) is 0 Å². The first-order chi connectivity index (χ1) is 11.2. The van der Waals surface area contributed by atoms with Crippen LogP contribution in [0.1, 0.15) is 18.5 Å². The molecule has 0 bridgehead atoms. The van der Waals surface area contributed by atoms with E-state index >= 15 is 0 Å². The van der Waals surface area contributed by atoms with Gasteiger partial charge in [0.05, 0.1) is 0 Å². The molecule has 23 heavy (non-hydrogen) atoms. The molecule has 6 heteroatoms. The molecule has 0 aliphatic carbocycles. The van der Waals surface area contributed by atoms with Gasteiger partial charge >= 0.3 is 0 Å². The first-order valence-corrected chi connectivity index (χ1v) is 8.26. The average molecular weight is 319 g/mol. The van der Waals surface area contributed by atoms with Gasteiger partial charge in [-0.1, -0.05) is 6.07 Å². The van der Waals surface area contributed by atoms with Crippen LogP contribution in [-0.4, -0.2) is 68.8 Å². The topological polar surface area (TPSA) is 61.8 Å². The van der Waals surface area contributed by atoms with Crippen molar-refractivity contribution in [2.75, 3.05) is 47.4 Å². The SMILES string of the molecule is CN=C(NCCc1ccccn1)NCC1(N(C)C)CCOCC1. The second kappa shape index (κ2) is 8.84. The minimum absolute atomic E-state index is 0.136. The molecule has 1 fully saturated rings. The van der Waals surface area contributed by atoms with E-state index in [2.05, 4.69) is 39.6 Å². The molecular formula is C17H29N5O. The highest BCUT2D eigenvalue weighted by atomic mass is 16.5. The van der Waals surface area contributed by atoms with Gasteiger partial charge < -0.3 is 20.3 Å². The van der Waals surface area contributed by atoms with E-state index in [9.17, 15) is 0 Å². The van der Waals surface area contributed by atoms with Crippen molar-refractivity contribution in [2.45, 2.75) is 24.8 Å². The van der Waals surface area contributed by atoms with Crippen LogP contribution in [0.3, 0.4) is 0 Å². The van der Waals surface area contributed by atoms with Crippen molar-refractivity contribution >= 4 is 5.96 Å². The average Bonchev–Trinajstić information content (AvgIpc) is 2.59. The van der Waals surface area contributed by atoms with Crippen molar-refractivity contribution in [3.05, 3.63) is 30.1 Å². The lowest BCUT2D eigenvalue weighted by Gasteiger charge is -2.43. The normalized spacial score (nSPS) is 18.0. The van der Waals surface area contributed by atoms with Crippen molar-refractivity contribution in [2.24, 2.45) is 4.99 Å². The van der Waals surface area contributed by atoms with Crippen molar-refractivity contribution in [1.29, 1.82) is 0 Å². The summed E-state index contributed by atoms with van der Waals surface area (Å²) >= 11 is 0. The summed E-state index contributed by atoms with van der Waals surface area (Å²) in [6.45, 7) is 3.33. The number of nitrogens with one attached hydrogen (secondary N) is 2. The number of aromatic nitrogens is 1. The summed E-state index contributed by atoms with van der Waals surface area (Å²) in [6, 6.07) is 5.99. The summed E-state index contributed by atoms with van der Waals surface area (Å²) in [4.78, 5) is 11.0. The van der Waals surface area contributed by atoms with Crippen LogP contribution in [-0.2, 0) is 11.2 Å². The van der Waals surface area contributed by atoms with Gasteiger partial charge in [0, 0.05) is 57.2 Å². The number of hydrogen-bond acceptors (Lipinski definition) is 4. The Hall–Kier alpha value is -1.66. The third-order valence-electron chi connectivity index (χ3n) is 4.58. The van der Waals surface area contributed by atoms with Crippen molar-refractivity contribution in [1.82, 2.24) is 20.5 Å². The Morgan fingerprint density at radius 1 is 1.30 bits per heavy atom. The molecule has 2 N–H and O–H groups in total. The fourth-order valence-electron chi connectivity index (χ4n) is 2.86. The molecule has 0 spiro atoms. The standard InChI is InChI=1S/C17H29N5O/c1-18-16(20-11-7-15-6-4-5-10-19-15)21-14-17(22(2)3)8-12-23-13-9-17/h4-6,10H,7-9,11-14H2,1-3H3,(H2,18,20,21). The molecule has 0 aromatic carbocycles. The number of guanidine groups is 1. The van der Waals surface area contributed by atoms with Crippen LogP contribution in [0.25, 0.3) is 0 Å². The molecule has 1 aliphatic rings. The van der Waals surface area contributed by atoms with E-state index in [0.29, 0.717) is 0 Å². The fraction of sp³-hybridized carbons (Fsp3) is 0.647. The smallest absolute Gasteiger partial charge is 0.191 e. The molecule has 6 nitrogen and oxygen atoms in total. The number of ether oxygens (including phenoxy) is 1. The molecular weight excluding hydrogens is 290 g/mol. The van der Waals surface area contributed by atoms with Crippen LogP contribution in [0, 0.1) is 0 Å². The Balaban J connectivity index is 1.80. The molecule has 0 saturated carbocycles. The molecule has 1 aliphatic heterocycles. The quantitative estimate of drug-likeness (QED) is 0.603. The molecule has 128 valence electrons. The first kappa shape index (κ1) is 17.7. The third kappa shape index (κ3) is 5.18. The summed E-state index contributed by atoms with van der Waals surface area (Å²) < 4.78 is 5.51. The minimum Gasteiger partial charge on any atom is -0.381 e. The van der Waals surface area contributed by atoms with Crippen LogP contribution in [0.5, 0.6) is 0 Å². The van der Waals surface area contributed by atoms with Crippen molar-refractivity contribution in [3.63, 3.8) is 0 Å². The van der Waals surface area contributed by atoms with Gasteiger partial charge in [0.1, 0.15) is 0 Å². The van der Waals surface area contributed by atoms with Gasteiger partial charge in [-0.05, 0) is 39.1 Å². The number of hydrogen-bond donors (Lipinski definition) is 2. The molecule has 1 aromatic rings. The Labute approximate surface area is 139 Å². The largest absolute Gasteiger partial charge is 0.381 e. The summed E-state index contributed by atoms with van der Waals surface area (Å²) in [7, 11) is 6.09. The highest BCUT2D eigenvalue weighted by molar-refractivity contribution is 5.79. The second-order valence-corrected chi connectivity index (χ2v) is 6.15. The molecule has 0 amide bonds. The molecule has 1 aromatic heterocycles. The minimum atomic E-state index is 0.136. The molecule has 0 atom stereocenters. The number of likely N-dealkylation sites (N-methyl/N-ethyl adjacent to an activating group) is 1. The molecule has 2 rings (SSSR count). The predicted molar refractivity (Wildman–Crippen MR) is 93.8 cm³/mol. The van der Waals surface area contributed by atoms with Crippen LogP contribution in [0.4, 0.5) is 0 Å². The Kier molecular flexibility index (Phi) is 6.80. The predicted octanol–water partition coefficient (Wildman–Crippen LogP) is 0.900. The zero-order chi connectivity index (χ0) is 16.5. The highest BCUT2D eigenvalue weighted by Gasteiger charge is 2.34. The van der Waals surface area contributed by atoms with E-state index in [0.717, 1.165) is 57.2 Å². The van der Waals surface area contributed by atoms with Crippen molar-refractivity contribution in [3.8, 4) is 0 Å². The lowest BCUT2D eigenvalue weighted by molar-refractivity contribution is -0.00501. The van der Waals surface area contributed by atoms with Gasteiger partial charge in [-0.2, -0.15) is 0 Å². The second-order valence-electron chi connectivity index (χ2n) is 6.15. The van der Waals surface area contributed by atoms with Gasteiger partial charge in [0.25, 0.3) is 0 Å². The van der Waals surface area contributed by atoms with Gasteiger partial charge in [-0.3, -0.25) is 9.98 Å².